The lowest BCUT2D eigenvalue weighted by Gasteiger charge is -2.05. The molecule has 0 fully saturated rings. The number of oxazole rings is 1. The molecular formula is C12H10BrNO4. The van der Waals surface area contributed by atoms with Gasteiger partial charge in [0.1, 0.15) is 23.6 Å². The highest BCUT2D eigenvalue weighted by Crippen LogP contribution is 2.31. The molecule has 0 amide bonds. The summed E-state index contributed by atoms with van der Waals surface area (Å²) in [5.41, 5.74) is 1.30. The monoisotopic (exact) mass is 311 g/mol. The number of carbonyl (C=O) groups is 1. The van der Waals surface area contributed by atoms with E-state index in [9.17, 15) is 4.79 Å². The first kappa shape index (κ1) is 12.6. The fraction of sp³-hybridized carbons (Fsp3) is 0.167. The number of rotatable bonds is 4. The van der Waals surface area contributed by atoms with Crippen molar-refractivity contribution in [3.63, 3.8) is 0 Å². The Balaban J connectivity index is 2.40. The number of nitrogens with zero attached hydrogens (tertiary/aromatic N) is 1. The molecule has 5 nitrogen and oxygen atoms in total. The Labute approximate surface area is 112 Å². The van der Waals surface area contributed by atoms with E-state index in [1.165, 1.54) is 6.39 Å². The topological polar surface area (TPSA) is 72.6 Å². The van der Waals surface area contributed by atoms with Gasteiger partial charge in [-0.3, -0.25) is 4.79 Å². The fourth-order valence-electron chi connectivity index (χ4n) is 1.58. The van der Waals surface area contributed by atoms with Gasteiger partial charge >= 0.3 is 5.97 Å². The highest BCUT2D eigenvalue weighted by atomic mass is 79.9. The molecular weight excluding hydrogens is 302 g/mol. The van der Waals surface area contributed by atoms with Crippen molar-refractivity contribution in [1.29, 1.82) is 0 Å². The Hall–Kier alpha value is -1.82. The van der Waals surface area contributed by atoms with E-state index in [2.05, 4.69) is 20.9 Å². The van der Waals surface area contributed by atoms with E-state index in [1.54, 1.807) is 19.2 Å². The van der Waals surface area contributed by atoms with Crippen molar-refractivity contribution in [1.82, 2.24) is 4.98 Å². The predicted octanol–water partition coefficient (Wildman–Crippen LogP) is 2.74. The zero-order valence-corrected chi connectivity index (χ0v) is 11.1. The molecule has 6 heteroatoms. The van der Waals surface area contributed by atoms with Crippen LogP contribution in [0.4, 0.5) is 0 Å². The van der Waals surface area contributed by atoms with E-state index in [4.69, 9.17) is 14.3 Å². The SMILES string of the molecule is COc1ccc(-c2ncoc2CC(=O)O)cc1Br. The Morgan fingerprint density at radius 3 is 2.94 bits per heavy atom. The first-order valence-corrected chi connectivity index (χ1v) is 5.89. The summed E-state index contributed by atoms with van der Waals surface area (Å²) in [6.45, 7) is 0. The summed E-state index contributed by atoms with van der Waals surface area (Å²) < 4.78 is 11.0. The van der Waals surface area contributed by atoms with Crippen molar-refractivity contribution in [2.75, 3.05) is 7.11 Å². The highest BCUT2D eigenvalue weighted by molar-refractivity contribution is 9.10. The summed E-state index contributed by atoms with van der Waals surface area (Å²) in [4.78, 5) is 14.7. The molecule has 1 heterocycles. The number of carboxylic acids is 1. The number of hydrogen-bond acceptors (Lipinski definition) is 4. The van der Waals surface area contributed by atoms with Crippen LogP contribution in [-0.4, -0.2) is 23.2 Å². The minimum Gasteiger partial charge on any atom is -0.496 e. The van der Waals surface area contributed by atoms with Crippen LogP contribution in [0.3, 0.4) is 0 Å². The molecule has 0 spiro atoms. The van der Waals surface area contributed by atoms with Crippen LogP contribution in [0.1, 0.15) is 5.76 Å². The van der Waals surface area contributed by atoms with Gasteiger partial charge in [-0.15, -0.1) is 0 Å². The molecule has 0 saturated carbocycles. The third-order valence-electron chi connectivity index (χ3n) is 2.38. The average Bonchev–Trinajstić information content (AvgIpc) is 2.76. The molecule has 2 rings (SSSR count). The molecule has 0 bridgehead atoms. The van der Waals surface area contributed by atoms with Crippen LogP contribution in [0.5, 0.6) is 5.75 Å². The number of aromatic nitrogens is 1. The standard InChI is InChI=1S/C12H10BrNO4/c1-17-9-3-2-7(4-8(9)13)12-10(5-11(15)16)18-6-14-12/h2-4,6H,5H2,1H3,(H,15,16). The second-order valence-corrected chi connectivity index (χ2v) is 4.40. The van der Waals surface area contributed by atoms with Gasteiger partial charge in [0, 0.05) is 5.56 Å². The molecule has 2 aromatic rings. The van der Waals surface area contributed by atoms with Crippen LogP contribution in [0.15, 0.2) is 33.5 Å². The number of aliphatic carboxylic acids is 1. The zero-order valence-electron chi connectivity index (χ0n) is 9.51. The van der Waals surface area contributed by atoms with Crippen molar-refractivity contribution >= 4 is 21.9 Å². The second kappa shape index (κ2) is 5.22. The summed E-state index contributed by atoms with van der Waals surface area (Å²) in [6.07, 6.45) is 1.05. The summed E-state index contributed by atoms with van der Waals surface area (Å²) in [6, 6.07) is 5.38. The van der Waals surface area contributed by atoms with Gasteiger partial charge in [-0.2, -0.15) is 0 Å². The maximum atomic E-state index is 10.7. The smallest absolute Gasteiger partial charge is 0.311 e. The molecule has 0 saturated heterocycles. The summed E-state index contributed by atoms with van der Waals surface area (Å²) in [5, 5.41) is 8.78. The van der Waals surface area contributed by atoms with Crippen LogP contribution in [0.2, 0.25) is 0 Å². The van der Waals surface area contributed by atoms with Crippen molar-refractivity contribution < 1.29 is 19.1 Å². The third kappa shape index (κ3) is 2.53. The minimum atomic E-state index is -0.958. The molecule has 18 heavy (non-hydrogen) atoms. The van der Waals surface area contributed by atoms with E-state index in [0.29, 0.717) is 17.2 Å². The lowest BCUT2D eigenvalue weighted by molar-refractivity contribution is -0.136. The normalized spacial score (nSPS) is 10.3. The van der Waals surface area contributed by atoms with Crippen molar-refractivity contribution in [3.8, 4) is 17.0 Å². The number of benzene rings is 1. The predicted molar refractivity (Wildman–Crippen MR) is 67.5 cm³/mol. The quantitative estimate of drug-likeness (QED) is 0.940. The van der Waals surface area contributed by atoms with Crippen LogP contribution >= 0.6 is 15.9 Å². The second-order valence-electron chi connectivity index (χ2n) is 3.54. The van der Waals surface area contributed by atoms with Gasteiger partial charge in [0.15, 0.2) is 6.39 Å². The number of carboxylic acid groups (broad SMARTS) is 1. The number of methoxy groups -OCH3 is 1. The lowest BCUT2D eigenvalue weighted by Crippen LogP contribution is -2.00. The van der Waals surface area contributed by atoms with Gasteiger partial charge in [-0.05, 0) is 34.1 Å². The molecule has 94 valence electrons. The van der Waals surface area contributed by atoms with Crippen LogP contribution in [0.25, 0.3) is 11.3 Å². The molecule has 0 aliphatic rings. The van der Waals surface area contributed by atoms with Gasteiger partial charge < -0.3 is 14.3 Å². The first-order chi connectivity index (χ1) is 8.61. The third-order valence-corrected chi connectivity index (χ3v) is 3.00. The van der Waals surface area contributed by atoms with Crippen LogP contribution < -0.4 is 4.74 Å². The Kier molecular flexibility index (Phi) is 3.66. The van der Waals surface area contributed by atoms with Gasteiger partial charge in [-0.25, -0.2) is 4.98 Å². The first-order valence-electron chi connectivity index (χ1n) is 5.10. The number of hydrogen-bond donors (Lipinski definition) is 1. The number of ether oxygens (including phenoxy) is 1. The molecule has 1 aromatic heterocycles. The summed E-state index contributed by atoms with van der Waals surface area (Å²) in [7, 11) is 1.58. The highest BCUT2D eigenvalue weighted by Gasteiger charge is 2.15. The zero-order chi connectivity index (χ0) is 13.1. The fourth-order valence-corrected chi connectivity index (χ4v) is 2.12. The minimum absolute atomic E-state index is 0.195. The molecule has 1 aromatic carbocycles. The average molecular weight is 312 g/mol. The van der Waals surface area contributed by atoms with Gasteiger partial charge in [0.25, 0.3) is 0 Å². The van der Waals surface area contributed by atoms with Crippen LogP contribution in [-0.2, 0) is 11.2 Å². The van der Waals surface area contributed by atoms with E-state index in [-0.39, 0.29) is 6.42 Å². The largest absolute Gasteiger partial charge is 0.496 e. The van der Waals surface area contributed by atoms with Gasteiger partial charge in [0.2, 0.25) is 0 Å². The van der Waals surface area contributed by atoms with E-state index in [1.807, 2.05) is 6.07 Å². The van der Waals surface area contributed by atoms with Gasteiger partial charge in [0.05, 0.1) is 11.6 Å². The number of halogens is 1. The maximum Gasteiger partial charge on any atom is 0.311 e. The molecule has 0 unspecified atom stereocenters. The van der Waals surface area contributed by atoms with E-state index in [0.717, 1.165) is 10.0 Å². The summed E-state index contributed by atoms with van der Waals surface area (Å²) in [5.74, 6) is 0.0715. The van der Waals surface area contributed by atoms with Crippen molar-refractivity contribution in [3.05, 3.63) is 34.8 Å². The van der Waals surface area contributed by atoms with E-state index < -0.39 is 5.97 Å². The Morgan fingerprint density at radius 1 is 1.56 bits per heavy atom. The molecule has 0 aliphatic carbocycles. The maximum absolute atomic E-state index is 10.7. The molecule has 1 N–H and O–H groups in total. The lowest BCUT2D eigenvalue weighted by atomic mass is 10.1. The Bertz CT molecular complexity index is 579. The van der Waals surface area contributed by atoms with Crippen molar-refractivity contribution in [2.24, 2.45) is 0 Å². The molecule has 0 aliphatic heterocycles. The Morgan fingerprint density at radius 2 is 2.33 bits per heavy atom. The van der Waals surface area contributed by atoms with Crippen molar-refractivity contribution in [2.45, 2.75) is 6.42 Å². The summed E-state index contributed by atoms with van der Waals surface area (Å²) >= 11 is 3.37. The van der Waals surface area contributed by atoms with E-state index >= 15 is 0 Å². The molecule has 0 atom stereocenters. The van der Waals surface area contributed by atoms with Crippen LogP contribution in [0, 0.1) is 0 Å². The van der Waals surface area contributed by atoms with Gasteiger partial charge in [-0.1, -0.05) is 0 Å². The molecule has 0 radical (unpaired) electrons.